The monoisotopic (exact) mass is 715 g/mol. The molecule has 51 heavy (non-hydrogen) atoms. The van der Waals surface area contributed by atoms with Gasteiger partial charge in [-0.3, -0.25) is 4.79 Å². The van der Waals surface area contributed by atoms with Crippen molar-refractivity contribution in [3.63, 3.8) is 0 Å². The first-order valence-electron chi connectivity index (χ1n) is 15.0. The van der Waals surface area contributed by atoms with Gasteiger partial charge in [-0.15, -0.1) is 0 Å². The Balaban J connectivity index is 3.55. The molecule has 1 amide bonds. The zero-order valence-corrected chi connectivity index (χ0v) is 28.0. The third kappa shape index (κ3) is 15.5. The average molecular weight is 716 g/mol. The number of carbonyl (C=O) groups excluding carboxylic acids is 7. The van der Waals surface area contributed by atoms with Crippen molar-refractivity contribution in [2.75, 3.05) is 66.0 Å². The Bertz CT molecular complexity index is 1380. The van der Waals surface area contributed by atoms with E-state index in [-0.39, 0.29) is 24.3 Å². The van der Waals surface area contributed by atoms with Gasteiger partial charge in [0.25, 0.3) is 5.91 Å². The Labute approximate surface area is 294 Å². The first-order chi connectivity index (χ1) is 24.3. The van der Waals surface area contributed by atoms with Crippen molar-refractivity contribution in [3.05, 3.63) is 98.7 Å². The van der Waals surface area contributed by atoms with Crippen molar-refractivity contribution in [2.45, 2.75) is 0 Å². The minimum atomic E-state index is -1.67. The number of rotatable bonds is 25. The molecule has 0 unspecified atom stereocenters. The highest BCUT2D eigenvalue weighted by molar-refractivity contribution is 6.05. The summed E-state index contributed by atoms with van der Waals surface area (Å²) in [4.78, 5) is 86.2. The summed E-state index contributed by atoms with van der Waals surface area (Å²) in [6.07, 6.45) is 4.32. The van der Waals surface area contributed by atoms with Gasteiger partial charge in [0.05, 0.1) is 41.8 Å². The van der Waals surface area contributed by atoms with Crippen molar-refractivity contribution in [1.82, 2.24) is 5.32 Å². The second-order valence-corrected chi connectivity index (χ2v) is 10.7. The molecule has 0 saturated carbocycles. The molecule has 0 saturated heterocycles. The molecule has 0 aliphatic heterocycles. The molecule has 16 nitrogen and oxygen atoms in total. The van der Waals surface area contributed by atoms with E-state index in [2.05, 4.69) is 38.2 Å². The molecule has 0 aliphatic rings. The maximum atomic E-state index is 13.3. The summed E-state index contributed by atoms with van der Waals surface area (Å²) < 4.78 is 37.6. The van der Waals surface area contributed by atoms with Crippen LogP contribution in [0.25, 0.3) is 0 Å². The highest BCUT2D eigenvalue weighted by atomic mass is 16.6. The van der Waals surface area contributed by atoms with Gasteiger partial charge >= 0.3 is 35.8 Å². The number of amides is 1. The normalized spacial score (nSPS) is 10.7. The van der Waals surface area contributed by atoms with Crippen molar-refractivity contribution in [2.24, 2.45) is 10.8 Å². The molecule has 1 aromatic carbocycles. The molecule has 0 radical (unpaired) electrons. The molecule has 0 bridgehead atoms. The van der Waals surface area contributed by atoms with Gasteiger partial charge < -0.3 is 43.6 Å². The summed E-state index contributed by atoms with van der Waals surface area (Å²) in [5.41, 5.74) is -3.48. The van der Waals surface area contributed by atoms with Crippen LogP contribution in [0.15, 0.2) is 87.5 Å². The van der Waals surface area contributed by atoms with Gasteiger partial charge in [-0.2, -0.15) is 0 Å². The molecule has 16 heteroatoms. The number of hydrogen-bond acceptors (Lipinski definition) is 15. The Hall–Kier alpha value is -5.87. The fourth-order valence-electron chi connectivity index (χ4n) is 3.82. The second-order valence-electron chi connectivity index (χ2n) is 10.7. The number of benzene rings is 1. The van der Waals surface area contributed by atoms with Gasteiger partial charge in [-0.1, -0.05) is 45.0 Å². The molecule has 1 rings (SSSR count). The number of aliphatic hydroxyl groups excluding tert-OH is 1. The molecule has 0 heterocycles. The van der Waals surface area contributed by atoms with E-state index < -0.39 is 105 Å². The minimum Gasteiger partial charge on any atom is -0.462 e. The van der Waals surface area contributed by atoms with Crippen molar-refractivity contribution in [3.8, 4) is 0 Å². The van der Waals surface area contributed by atoms with Crippen molar-refractivity contribution >= 4 is 41.7 Å². The minimum absolute atomic E-state index is 0.0732. The fraction of sp³-hybridized carbons (Fsp3) is 0.343. The van der Waals surface area contributed by atoms with Crippen LogP contribution in [-0.2, 0) is 57.1 Å². The van der Waals surface area contributed by atoms with Gasteiger partial charge in [0.1, 0.15) is 39.6 Å². The number of esters is 6. The maximum Gasteiger partial charge on any atom is 0.338 e. The fourth-order valence-corrected chi connectivity index (χ4v) is 3.82. The summed E-state index contributed by atoms with van der Waals surface area (Å²) in [6.45, 7) is 11.7. The zero-order valence-electron chi connectivity index (χ0n) is 28.0. The molecular weight excluding hydrogens is 674 g/mol. The standard InChI is InChI=1S/C35H41NO15/c1-6-27(38)46-19-34(20-47-28(39)7-2,21-48-29(40)8-3)17-45-18-35(22-49-30(41)9-4,23-50-31(42)10-5)24-51-33(44)26-14-12-11-13-25(26)32(43)36-15-16-37/h6-14,37H,1-5,15-24H2,(H,36,43). The number of aliphatic hydroxyl groups is 1. The second kappa shape index (κ2) is 22.7. The van der Waals surface area contributed by atoms with E-state index in [1.165, 1.54) is 24.3 Å². The lowest BCUT2D eigenvalue weighted by molar-refractivity contribution is -0.167. The predicted molar refractivity (Wildman–Crippen MR) is 178 cm³/mol. The van der Waals surface area contributed by atoms with Gasteiger partial charge in [0, 0.05) is 36.9 Å². The van der Waals surface area contributed by atoms with Crippen LogP contribution in [0.5, 0.6) is 0 Å². The van der Waals surface area contributed by atoms with Crippen molar-refractivity contribution in [1.29, 1.82) is 0 Å². The Morgan fingerprint density at radius 2 is 0.882 bits per heavy atom. The highest BCUT2D eigenvalue weighted by Crippen LogP contribution is 2.27. The number of ether oxygens (including phenoxy) is 7. The Morgan fingerprint density at radius 1 is 0.549 bits per heavy atom. The van der Waals surface area contributed by atoms with Crippen LogP contribution >= 0.6 is 0 Å². The van der Waals surface area contributed by atoms with Gasteiger partial charge in [-0.05, 0) is 12.1 Å². The molecule has 0 atom stereocenters. The largest absolute Gasteiger partial charge is 0.462 e. The molecule has 0 fully saturated rings. The predicted octanol–water partition coefficient (Wildman–Crippen LogP) is 1.20. The lowest BCUT2D eigenvalue weighted by Gasteiger charge is -2.35. The van der Waals surface area contributed by atoms with E-state index in [0.29, 0.717) is 0 Å². The van der Waals surface area contributed by atoms with E-state index >= 15 is 0 Å². The Kier molecular flexibility index (Phi) is 19.2. The van der Waals surface area contributed by atoms with Crippen LogP contribution in [0, 0.1) is 10.8 Å². The molecule has 1 aromatic rings. The number of hydrogen-bond donors (Lipinski definition) is 2. The molecule has 0 aliphatic carbocycles. The van der Waals surface area contributed by atoms with Crippen LogP contribution in [-0.4, -0.2) is 113 Å². The smallest absolute Gasteiger partial charge is 0.338 e. The van der Waals surface area contributed by atoms with Crippen LogP contribution in [0.3, 0.4) is 0 Å². The SMILES string of the molecule is C=CC(=O)OCC(COCC(COC(=O)C=C)(COC(=O)C=C)COC(=O)c1ccccc1C(=O)NCCO)(COC(=O)C=C)COC(=O)C=C. The van der Waals surface area contributed by atoms with Crippen LogP contribution < -0.4 is 5.32 Å². The van der Waals surface area contributed by atoms with E-state index in [4.69, 9.17) is 38.3 Å². The Morgan fingerprint density at radius 3 is 1.22 bits per heavy atom. The van der Waals surface area contributed by atoms with E-state index in [1.807, 2.05) is 0 Å². The van der Waals surface area contributed by atoms with Crippen LogP contribution in [0.4, 0.5) is 0 Å². The number of nitrogens with one attached hydrogen (secondary N) is 1. The number of carbonyl (C=O) groups is 7. The topological polar surface area (TPSA) is 216 Å². The first-order valence-corrected chi connectivity index (χ1v) is 15.0. The maximum absolute atomic E-state index is 13.3. The molecule has 0 aromatic heterocycles. The molecular formula is C35H41NO15. The van der Waals surface area contributed by atoms with Crippen LogP contribution in [0.2, 0.25) is 0 Å². The summed E-state index contributed by atoms with van der Waals surface area (Å²) in [5.74, 6) is -6.09. The summed E-state index contributed by atoms with van der Waals surface area (Å²) >= 11 is 0. The zero-order chi connectivity index (χ0) is 38.3. The van der Waals surface area contributed by atoms with Crippen molar-refractivity contribution < 1.29 is 71.8 Å². The molecule has 276 valence electrons. The lowest BCUT2D eigenvalue weighted by Crippen LogP contribution is -2.47. The summed E-state index contributed by atoms with van der Waals surface area (Å²) in [5, 5.41) is 11.5. The van der Waals surface area contributed by atoms with Crippen LogP contribution in [0.1, 0.15) is 20.7 Å². The molecule has 2 N–H and O–H groups in total. The first kappa shape index (κ1) is 43.2. The summed E-state index contributed by atoms with van der Waals surface area (Å²) in [6, 6.07) is 5.65. The molecule has 0 spiro atoms. The highest BCUT2D eigenvalue weighted by Gasteiger charge is 2.40. The van der Waals surface area contributed by atoms with Gasteiger partial charge in [0.15, 0.2) is 0 Å². The van der Waals surface area contributed by atoms with Gasteiger partial charge in [0.2, 0.25) is 0 Å². The quantitative estimate of drug-likeness (QED) is 0.0826. The third-order valence-corrected chi connectivity index (χ3v) is 6.55. The van der Waals surface area contributed by atoms with E-state index in [9.17, 15) is 33.6 Å². The van der Waals surface area contributed by atoms with Gasteiger partial charge in [-0.25, -0.2) is 28.8 Å². The van der Waals surface area contributed by atoms with E-state index in [0.717, 1.165) is 30.4 Å². The third-order valence-electron chi connectivity index (χ3n) is 6.55. The lowest BCUT2D eigenvalue weighted by atomic mass is 9.90. The average Bonchev–Trinajstić information content (AvgIpc) is 3.16. The summed E-state index contributed by atoms with van der Waals surface area (Å²) in [7, 11) is 0. The van der Waals surface area contributed by atoms with E-state index in [1.54, 1.807) is 0 Å².